The van der Waals surface area contributed by atoms with E-state index in [2.05, 4.69) is 34.1 Å². The van der Waals surface area contributed by atoms with Crippen LogP contribution in [0, 0.1) is 0 Å². The van der Waals surface area contributed by atoms with Crippen molar-refractivity contribution in [1.29, 1.82) is 0 Å². The Hall–Kier alpha value is -1.39. The van der Waals surface area contributed by atoms with E-state index in [1.54, 1.807) is 0 Å². The van der Waals surface area contributed by atoms with E-state index >= 15 is 0 Å². The summed E-state index contributed by atoms with van der Waals surface area (Å²) in [4.78, 5) is 12.0. The third-order valence-corrected chi connectivity index (χ3v) is 4.00. The normalized spacial score (nSPS) is 22.0. The average Bonchev–Trinajstić information content (AvgIpc) is 2.93. The molecule has 1 amide bonds. The van der Waals surface area contributed by atoms with Crippen molar-refractivity contribution in [1.82, 2.24) is 16.0 Å². The van der Waals surface area contributed by atoms with E-state index in [9.17, 15) is 4.79 Å². The molecule has 0 saturated carbocycles. The lowest BCUT2D eigenvalue weighted by molar-refractivity contribution is -0.123. The fourth-order valence-corrected chi connectivity index (χ4v) is 2.85. The Balaban J connectivity index is 1.55. The molecular weight excluding hydrogens is 238 g/mol. The van der Waals surface area contributed by atoms with Crippen molar-refractivity contribution < 1.29 is 4.79 Å². The van der Waals surface area contributed by atoms with Crippen LogP contribution < -0.4 is 16.0 Å². The van der Waals surface area contributed by atoms with E-state index in [1.165, 1.54) is 23.1 Å². The summed E-state index contributed by atoms with van der Waals surface area (Å²) in [5.41, 5.74) is 3.93. The molecule has 3 rings (SSSR count). The van der Waals surface area contributed by atoms with Crippen LogP contribution in [0.25, 0.3) is 0 Å². The van der Waals surface area contributed by atoms with Gasteiger partial charge in [0.15, 0.2) is 0 Å². The molecule has 2 heterocycles. The highest BCUT2D eigenvalue weighted by atomic mass is 16.2. The molecule has 0 unspecified atom stereocenters. The number of benzene rings is 1. The van der Waals surface area contributed by atoms with Gasteiger partial charge in [-0.2, -0.15) is 0 Å². The molecule has 3 N–H and O–H groups in total. The molecule has 1 fully saturated rings. The number of hydrogen-bond acceptors (Lipinski definition) is 3. The van der Waals surface area contributed by atoms with Crippen molar-refractivity contribution in [2.75, 3.05) is 6.54 Å². The molecule has 1 saturated heterocycles. The first kappa shape index (κ1) is 12.6. The van der Waals surface area contributed by atoms with Gasteiger partial charge in [0.1, 0.15) is 0 Å². The number of nitrogens with one attached hydrogen (secondary N) is 3. The van der Waals surface area contributed by atoms with E-state index in [4.69, 9.17) is 0 Å². The van der Waals surface area contributed by atoms with Gasteiger partial charge in [0.05, 0.1) is 6.04 Å². The summed E-state index contributed by atoms with van der Waals surface area (Å²) in [5, 5.41) is 9.65. The second kappa shape index (κ2) is 5.72. The van der Waals surface area contributed by atoms with Crippen molar-refractivity contribution in [2.24, 2.45) is 0 Å². The quantitative estimate of drug-likeness (QED) is 0.760. The molecule has 4 heteroatoms. The van der Waals surface area contributed by atoms with Crippen LogP contribution in [0.2, 0.25) is 0 Å². The van der Waals surface area contributed by atoms with Gasteiger partial charge in [-0.15, -0.1) is 0 Å². The van der Waals surface area contributed by atoms with Crippen LogP contribution in [0.3, 0.4) is 0 Å². The van der Waals surface area contributed by atoms with Crippen LogP contribution in [-0.4, -0.2) is 18.5 Å². The number of carbonyl (C=O) groups is 1. The number of carbonyl (C=O) groups excluding carboxylic acids is 1. The first-order valence-corrected chi connectivity index (χ1v) is 7.15. The summed E-state index contributed by atoms with van der Waals surface area (Å²) in [5.74, 6) is 0.137. The Labute approximate surface area is 114 Å². The summed E-state index contributed by atoms with van der Waals surface area (Å²) in [6, 6.07) is 6.48. The summed E-state index contributed by atoms with van der Waals surface area (Å²) >= 11 is 0. The highest BCUT2D eigenvalue weighted by Crippen LogP contribution is 2.17. The Morgan fingerprint density at radius 3 is 3.00 bits per heavy atom. The van der Waals surface area contributed by atoms with Gasteiger partial charge in [-0.25, -0.2) is 0 Å². The molecule has 1 aromatic rings. The van der Waals surface area contributed by atoms with Gasteiger partial charge in [-0.3, -0.25) is 4.79 Å². The molecule has 0 spiro atoms. The minimum absolute atomic E-state index is 0.00449. The molecule has 4 nitrogen and oxygen atoms in total. The minimum atomic E-state index is 0.00449. The largest absolute Gasteiger partial charge is 0.351 e. The molecule has 0 aliphatic carbocycles. The van der Waals surface area contributed by atoms with Gasteiger partial charge in [0.2, 0.25) is 5.91 Å². The lowest BCUT2D eigenvalue weighted by Crippen LogP contribution is -2.46. The molecule has 1 atom stereocenters. The smallest absolute Gasteiger partial charge is 0.237 e. The Kier molecular flexibility index (Phi) is 3.80. The van der Waals surface area contributed by atoms with E-state index in [0.29, 0.717) is 6.54 Å². The zero-order chi connectivity index (χ0) is 13.1. The molecule has 2 aliphatic heterocycles. The standard InChI is InChI=1S/C15H21N3O/c19-15(14-3-1-2-6-17-14)18-8-11-4-5-12-9-16-10-13(12)7-11/h4-5,7,14,16-17H,1-3,6,8-10H2,(H,18,19)/t14-/m1/s1. The summed E-state index contributed by atoms with van der Waals surface area (Å²) < 4.78 is 0. The first-order chi connectivity index (χ1) is 9.33. The number of amides is 1. The Bertz CT molecular complexity index is 466. The second-order valence-electron chi connectivity index (χ2n) is 5.43. The van der Waals surface area contributed by atoms with E-state index in [1.807, 2.05) is 0 Å². The first-order valence-electron chi connectivity index (χ1n) is 7.15. The van der Waals surface area contributed by atoms with Crippen LogP contribution in [-0.2, 0) is 24.4 Å². The van der Waals surface area contributed by atoms with Gasteiger partial charge in [-0.05, 0) is 36.1 Å². The molecule has 2 aliphatic rings. The van der Waals surface area contributed by atoms with Crippen molar-refractivity contribution >= 4 is 5.91 Å². The lowest BCUT2D eigenvalue weighted by Gasteiger charge is -2.22. The fourth-order valence-electron chi connectivity index (χ4n) is 2.85. The SMILES string of the molecule is O=C(NCc1ccc2c(c1)CNC2)[C@H]1CCCCN1. The maximum atomic E-state index is 12.0. The van der Waals surface area contributed by atoms with Crippen LogP contribution in [0.15, 0.2) is 18.2 Å². The van der Waals surface area contributed by atoms with Crippen molar-refractivity contribution in [2.45, 2.75) is 44.9 Å². The minimum Gasteiger partial charge on any atom is -0.351 e. The highest BCUT2D eigenvalue weighted by molar-refractivity contribution is 5.81. The lowest BCUT2D eigenvalue weighted by atomic mass is 10.0. The molecular formula is C15H21N3O. The number of rotatable bonds is 3. The van der Waals surface area contributed by atoms with E-state index < -0.39 is 0 Å². The molecule has 0 radical (unpaired) electrons. The summed E-state index contributed by atoms with van der Waals surface area (Å²) in [6.45, 7) is 3.50. The Morgan fingerprint density at radius 1 is 1.26 bits per heavy atom. The molecule has 102 valence electrons. The number of hydrogen-bond donors (Lipinski definition) is 3. The maximum absolute atomic E-state index is 12.0. The van der Waals surface area contributed by atoms with Crippen molar-refractivity contribution in [3.8, 4) is 0 Å². The average molecular weight is 259 g/mol. The van der Waals surface area contributed by atoms with Gasteiger partial charge in [0.25, 0.3) is 0 Å². The topological polar surface area (TPSA) is 53.2 Å². The van der Waals surface area contributed by atoms with Crippen LogP contribution >= 0.6 is 0 Å². The van der Waals surface area contributed by atoms with Crippen LogP contribution in [0.1, 0.15) is 36.0 Å². The van der Waals surface area contributed by atoms with Crippen LogP contribution in [0.4, 0.5) is 0 Å². The van der Waals surface area contributed by atoms with Gasteiger partial charge in [0, 0.05) is 19.6 Å². The number of fused-ring (bicyclic) bond motifs is 1. The number of piperidine rings is 1. The van der Waals surface area contributed by atoms with Gasteiger partial charge in [-0.1, -0.05) is 24.6 Å². The summed E-state index contributed by atoms with van der Waals surface area (Å²) in [7, 11) is 0. The molecule has 19 heavy (non-hydrogen) atoms. The zero-order valence-corrected chi connectivity index (χ0v) is 11.2. The highest BCUT2D eigenvalue weighted by Gasteiger charge is 2.20. The van der Waals surface area contributed by atoms with E-state index in [0.717, 1.165) is 32.5 Å². The summed E-state index contributed by atoms with van der Waals surface area (Å²) in [6.07, 6.45) is 3.29. The molecule has 1 aromatic carbocycles. The molecule has 0 aromatic heterocycles. The van der Waals surface area contributed by atoms with Crippen molar-refractivity contribution in [3.05, 3.63) is 34.9 Å². The molecule has 0 bridgehead atoms. The third kappa shape index (κ3) is 2.96. The predicted octanol–water partition coefficient (Wildman–Crippen LogP) is 1.05. The van der Waals surface area contributed by atoms with Crippen molar-refractivity contribution in [3.63, 3.8) is 0 Å². The third-order valence-electron chi connectivity index (χ3n) is 4.00. The monoisotopic (exact) mass is 259 g/mol. The van der Waals surface area contributed by atoms with E-state index in [-0.39, 0.29) is 11.9 Å². The fraction of sp³-hybridized carbons (Fsp3) is 0.533. The maximum Gasteiger partial charge on any atom is 0.237 e. The van der Waals surface area contributed by atoms with Crippen LogP contribution in [0.5, 0.6) is 0 Å². The Morgan fingerprint density at radius 2 is 2.16 bits per heavy atom. The van der Waals surface area contributed by atoms with Gasteiger partial charge < -0.3 is 16.0 Å². The zero-order valence-electron chi connectivity index (χ0n) is 11.2. The second-order valence-corrected chi connectivity index (χ2v) is 5.43. The predicted molar refractivity (Wildman–Crippen MR) is 74.5 cm³/mol. The van der Waals surface area contributed by atoms with Gasteiger partial charge >= 0.3 is 0 Å².